The molecule has 0 aromatic heterocycles. The molecule has 0 N–H and O–H groups in total. The summed E-state index contributed by atoms with van der Waals surface area (Å²) in [6.07, 6.45) is 4.18. The number of halogens is 2. The van der Waals surface area contributed by atoms with Gasteiger partial charge in [0.05, 0.1) is 19.1 Å². The van der Waals surface area contributed by atoms with Crippen LogP contribution < -0.4 is 9.47 Å². The second-order valence-corrected chi connectivity index (χ2v) is 11.6. The average Bonchev–Trinajstić information content (AvgIpc) is 3.09. The lowest BCUT2D eigenvalue weighted by Crippen LogP contribution is -2.01. The first kappa shape index (κ1) is 30.1. The minimum absolute atomic E-state index is 0.434. The highest BCUT2D eigenvalue weighted by atomic mass is 35.5. The van der Waals surface area contributed by atoms with Crippen molar-refractivity contribution < 1.29 is 9.47 Å². The largest absolute Gasteiger partial charge is 0.494 e. The first-order valence-corrected chi connectivity index (χ1v) is 16.4. The van der Waals surface area contributed by atoms with Gasteiger partial charge in [0.1, 0.15) is 11.5 Å². The summed E-state index contributed by atoms with van der Waals surface area (Å²) < 4.78 is 12.1. The quantitative estimate of drug-likeness (QED) is 0.0727. The van der Waals surface area contributed by atoms with Crippen LogP contribution in [-0.2, 0) is 11.8 Å². The van der Waals surface area contributed by atoms with Crippen LogP contribution in [0.4, 0.5) is 0 Å². The molecule has 0 aliphatic heterocycles. The normalized spacial score (nSPS) is 11.2. The van der Waals surface area contributed by atoms with Crippen LogP contribution in [0.2, 0.25) is 0 Å². The van der Waals surface area contributed by atoms with Gasteiger partial charge in [-0.2, -0.15) is 0 Å². The summed E-state index contributed by atoms with van der Waals surface area (Å²) in [6.45, 7) is 1.37. The third-order valence-electron chi connectivity index (χ3n) is 8.13. The summed E-state index contributed by atoms with van der Waals surface area (Å²) in [6, 6.07) is 42.8. The van der Waals surface area contributed by atoms with Crippen molar-refractivity contribution in [3.63, 3.8) is 0 Å². The highest BCUT2D eigenvalue weighted by Crippen LogP contribution is 2.43. The molecule has 44 heavy (non-hydrogen) atoms. The number of rotatable bonds is 13. The zero-order valence-corrected chi connectivity index (χ0v) is 26.3. The number of hydrogen-bond acceptors (Lipinski definition) is 2. The number of benzene rings is 6. The van der Waals surface area contributed by atoms with Gasteiger partial charge in [-0.1, -0.05) is 103 Å². The molecule has 4 heteroatoms. The van der Waals surface area contributed by atoms with E-state index in [1.165, 1.54) is 43.8 Å². The second-order valence-electron chi connectivity index (χ2n) is 11.1. The van der Waals surface area contributed by atoms with E-state index in [0.717, 1.165) is 48.3 Å². The van der Waals surface area contributed by atoms with Gasteiger partial charge in [-0.05, 0) is 93.2 Å². The predicted molar refractivity (Wildman–Crippen MR) is 187 cm³/mol. The first-order valence-electron chi connectivity index (χ1n) is 15.4. The van der Waals surface area contributed by atoms with E-state index in [1.54, 1.807) is 0 Å². The Kier molecular flexibility index (Phi) is 10.0. The number of ether oxygens (including phenoxy) is 2. The molecule has 0 heterocycles. The molecular weight excluding hydrogens is 583 g/mol. The van der Waals surface area contributed by atoms with E-state index in [9.17, 15) is 0 Å². The molecule has 0 fully saturated rings. The molecule has 0 atom stereocenters. The lowest BCUT2D eigenvalue weighted by molar-refractivity contribution is 0.286. The molecule has 222 valence electrons. The topological polar surface area (TPSA) is 18.5 Å². The van der Waals surface area contributed by atoms with Crippen LogP contribution in [0.3, 0.4) is 0 Å². The third-order valence-corrected chi connectivity index (χ3v) is 8.73. The van der Waals surface area contributed by atoms with Crippen molar-refractivity contribution in [3.8, 4) is 33.8 Å². The fourth-order valence-electron chi connectivity index (χ4n) is 5.93. The Morgan fingerprint density at radius 3 is 1.52 bits per heavy atom. The fourth-order valence-corrected chi connectivity index (χ4v) is 6.32. The van der Waals surface area contributed by atoms with Gasteiger partial charge in [-0.15, -0.1) is 23.2 Å². The Hall–Kier alpha value is -3.98. The molecule has 0 aliphatic rings. The molecule has 6 aromatic rings. The van der Waals surface area contributed by atoms with E-state index in [1.807, 2.05) is 18.2 Å². The van der Waals surface area contributed by atoms with Crippen molar-refractivity contribution in [2.75, 3.05) is 13.2 Å². The first-order chi connectivity index (χ1) is 21.8. The van der Waals surface area contributed by atoms with Crippen LogP contribution >= 0.6 is 23.2 Å². The van der Waals surface area contributed by atoms with Crippen molar-refractivity contribution in [2.24, 2.45) is 0 Å². The van der Waals surface area contributed by atoms with Crippen LogP contribution in [-0.4, -0.2) is 13.2 Å². The van der Waals surface area contributed by atoms with E-state index in [4.69, 9.17) is 32.7 Å². The van der Waals surface area contributed by atoms with Gasteiger partial charge in [0.25, 0.3) is 0 Å². The molecule has 0 radical (unpaired) electrons. The molecular formula is C40H36Cl2O2. The summed E-state index contributed by atoms with van der Waals surface area (Å²) in [7, 11) is 0. The van der Waals surface area contributed by atoms with Crippen molar-refractivity contribution in [1.29, 1.82) is 0 Å². The number of unbranched alkanes of at least 4 members (excludes halogenated alkanes) is 3. The second kappa shape index (κ2) is 14.7. The molecule has 0 saturated carbocycles. The Labute approximate surface area is 270 Å². The van der Waals surface area contributed by atoms with Gasteiger partial charge in [0, 0.05) is 11.4 Å². The minimum Gasteiger partial charge on any atom is -0.494 e. The van der Waals surface area contributed by atoms with Crippen LogP contribution in [0.25, 0.3) is 43.8 Å². The zero-order valence-electron chi connectivity index (χ0n) is 24.8. The summed E-state index contributed by atoms with van der Waals surface area (Å²) in [5.41, 5.74) is 7.03. The summed E-state index contributed by atoms with van der Waals surface area (Å²) in [4.78, 5) is 0. The van der Waals surface area contributed by atoms with Crippen LogP contribution in [0, 0.1) is 0 Å². The third kappa shape index (κ3) is 6.73. The molecule has 2 nitrogen and oxygen atoms in total. The lowest BCUT2D eigenvalue weighted by Gasteiger charge is -2.18. The molecule has 0 bridgehead atoms. The Bertz CT molecular complexity index is 1770. The van der Waals surface area contributed by atoms with E-state index in [2.05, 4.69) is 103 Å². The van der Waals surface area contributed by atoms with Crippen molar-refractivity contribution in [1.82, 2.24) is 0 Å². The Balaban J connectivity index is 1.08. The van der Waals surface area contributed by atoms with Gasteiger partial charge < -0.3 is 9.47 Å². The number of fused-ring (bicyclic) bond motifs is 2. The summed E-state index contributed by atoms with van der Waals surface area (Å²) in [5.74, 6) is 2.65. The van der Waals surface area contributed by atoms with Crippen molar-refractivity contribution >= 4 is 44.7 Å². The molecule has 0 saturated heterocycles. The molecule has 0 spiro atoms. The molecule has 0 amide bonds. The molecule has 0 unspecified atom stereocenters. The van der Waals surface area contributed by atoms with E-state index >= 15 is 0 Å². The van der Waals surface area contributed by atoms with Crippen LogP contribution in [0.5, 0.6) is 11.5 Å². The molecule has 0 aliphatic carbocycles. The van der Waals surface area contributed by atoms with Gasteiger partial charge >= 0.3 is 0 Å². The molecule has 6 rings (SSSR count). The van der Waals surface area contributed by atoms with E-state index in [0.29, 0.717) is 25.0 Å². The van der Waals surface area contributed by atoms with Gasteiger partial charge in [-0.25, -0.2) is 0 Å². The molecule has 6 aromatic carbocycles. The standard InChI is InChI=1S/C40H36Cl2O2/c41-27-29-18-19-32(28-42)38(26-29)44-25-11-2-1-10-24-43-33-22-20-31(21-23-33)40-36-16-8-6-14-34(36)39(30-12-4-3-5-13-30)35-15-7-9-17-37(35)40/h3-9,12-23,26H,1-2,10-11,24-25,27-28H2. The fraction of sp³-hybridized carbons (Fsp3) is 0.200. The lowest BCUT2D eigenvalue weighted by atomic mass is 9.86. The highest BCUT2D eigenvalue weighted by Gasteiger charge is 2.16. The van der Waals surface area contributed by atoms with Crippen molar-refractivity contribution in [2.45, 2.75) is 37.4 Å². The van der Waals surface area contributed by atoms with E-state index < -0.39 is 0 Å². The summed E-state index contributed by atoms with van der Waals surface area (Å²) in [5, 5.41) is 5.05. The monoisotopic (exact) mass is 618 g/mol. The smallest absolute Gasteiger partial charge is 0.124 e. The number of alkyl halides is 2. The van der Waals surface area contributed by atoms with Crippen LogP contribution in [0.1, 0.15) is 36.8 Å². The SMILES string of the molecule is ClCc1ccc(CCl)c(OCCCCCCOc2ccc(-c3c4ccccc4c(-c4ccccc4)c4ccccc34)cc2)c1. The Morgan fingerprint density at radius 1 is 0.455 bits per heavy atom. The van der Waals surface area contributed by atoms with Gasteiger partial charge in [0.2, 0.25) is 0 Å². The van der Waals surface area contributed by atoms with Gasteiger partial charge in [-0.3, -0.25) is 0 Å². The van der Waals surface area contributed by atoms with Crippen LogP contribution in [0.15, 0.2) is 121 Å². The summed E-state index contributed by atoms with van der Waals surface area (Å²) >= 11 is 12.0. The average molecular weight is 620 g/mol. The minimum atomic E-state index is 0.434. The zero-order chi connectivity index (χ0) is 30.1. The van der Waals surface area contributed by atoms with Crippen molar-refractivity contribution in [3.05, 3.63) is 132 Å². The predicted octanol–water partition coefficient (Wildman–Crippen LogP) is 11.8. The Morgan fingerprint density at radius 2 is 0.977 bits per heavy atom. The maximum absolute atomic E-state index is 6.12. The number of hydrogen-bond donors (Lipinski definition) is 0. The maximum atomic E-state index is 6.12. The maximum Gasteiger partial charge on any atom is 0.124 e. The van der Waals surface area contributed by atoms with E-state index in [-0.39, 0.29) is 0 Å². The van der Waals surface area contributed by atoms with Gasteiger partial charge in [0.15, 0.2) is 0 Å². The highest BCUT2D eigenvalue weighted by molar-refractivity contribution is 6.21.